The summed E-state index contributed by atoms with van der Waals surface area (Å²) in [4.78, 5) is 26.4. The number of esters is 1. The number of piperidine rings is 1. The summed E-state index contributed by atoms with van der Waals surface area (Å²) in [6, 6.07) is 14.9. The predicted octanol–water partition coefficient (Wildman–Crippen LogP) is 4.04. The van der Waals surface area contributed by atoms with Crippen LogP contribution in [0.5, 0.6) is 0 Å². The van der Waals surface area contributed by atoms with Crippen LogP contribution in [0.15, 0.2) is 54.6 Å². The average Bonchev–Trinajstić information content (AvgIpc) is 2.94. The van der Waals surface area contributed by atoms with Gasteiger partial charge in [0.15, 0.2) is 0 Å². The maximum Gasteiger partial charge on any atom is 0.339 e. The van der Waals surface area contributed by atoms with Gasteiger partial charge >= 0.3 is 5.97 Å². The third kappa shape index (κ3) is 2.90. The van der Waals surface area contributed by atoms with Gasteiger partial charge in [-0.2, -0.15) is 0 Å². The molecule has 4 nitrogen and oxygen atoms in total. The zero-order valence-corrected chi connectivity index (χ0v) is 14.9. The molecular formula is C21H18ClNO3. The highest BCUT2D eigenvalue weighted by molar-refractivity contribution is 6.32. The molecule has 4 rings (SSSR count). The van der Waals surface area contributed by atoms with E-state index in [-0.39, 0.29) is 11.9 Å². The quantitative estimate of drug-likeness (QED) is 0.594. The molecular weight excluding hydrogens is 350 g/mol. The van der Waals surface area contributed by atoms with Gasteiger partial charge in [-0.05, 0) is 23.8 Å². The fourth-order valence-corrected chi connectivity index (χ4v) is 3.88. The van der Waals surface area contributed by atoms with Crippen LogP contribution in [-0.4, -0.2) is 29.9 Å². The number of rotatable bonds is 2. The lowest BCUT2D eigenvalue weighted by atomic mass is 9.84. The number of hydrogen-bond acceptors (Lipinski definition) is 3. The Bertz CT molecular complexity index is 898. The minimum atomic E-state index is -0.586. The molecule has 1 saturated heterocycles. The summed E-state index contributed by atoms with van der Waals surface area (Å²) in [5.41, 5.74) is 1.82. The maximum atomic E-state index is 12.5. The molecule has 2 aromatic carbocycles. The van der Waals surface area contributed by atoms with Gasteiger partial charge < -0.3 is 9.64 Å². The molecule has 0 unspecified atom stereocenters. The lowest BCUT2D eigenvalue weighted by Crippen LogP contribution is -2.44. The monoisotopic (exact) mass is 367 g/mol. The summed E-state index contributed by atoms with van der Waals surface area (Å²) >= 11 is 6.11. The van der Waals surface area contributed by atoms with Gasteiger partial charge in [-0.1, -0.05) is 48.0 Å². The first-order chi connectivity index (χ1) is 12.6. The van der Waals surface area contributed by atoms with E-state index in [0.29, 0.717) is 36.5 Å². The topological polar surface area (TPSA) is 46.6 Å². The summed E-state index contributed by atoms with van der Waals surface area (Å²) in [6.07, 6.45) is 4.51. The van der Waals surface area contributed by atoms with Crippen LogP contribution in [0.2, 0.25) is 5.02 Å². The molecule has 1 spiro atoms. The van der Waals surface area contributed by atoms with Gasteiger partial charge in [0.2, 0.25) is 5.91 Å². The van der Waals surface area contributed by atoms with Crippen molar-refractivity contribution >= 4 is 29.6 Å². The van der Waals surface area contributed by atoms with Crippen LogP contribution in [0.1, 0.15) is 34.3 Å². The van der Waals surface area contributed by atoms with Crippen LogP contribution in [0.3, 0.4) is 0 Å². The third-order valence-corrected chi connectivity index (χ3v) is 5.46. The Morgan fingerprint density at radius 3 is 2.54 bits per heavy atom. The van der Waals surface area contributed by atoms with E-state index in [1.54, 1.807) is 29.2 Å². The van der Waals surface area contributed by atoms with Crippen molar-refractivity contribution in [3.63, 3.8) is 0 Å². The lowest BCUT2D eigenvalue weighted by molar-refractivity contribution is -0.130. The fourth-order valence-electron chi connectivity index (χ4n) is 3.68. The Morgan fingerprint density at radius 2 is 1.77 bits per heavy atom. The lowest BCUT2D eigenvalue weighted by Gasteiger charge is -2.38. The number of likely N-dealkylation sites (tertiary alicyclic amines) is 1. The first-order valence-electron chi connectivity index (χ1n) is 8.63. The van der Waals surface area contributed by atoms with Gasteiger partial charge in [-0.25, -0.2) is 4.79 Å². The van der Waals surface area contributed by atoms with E-state index in [2.05, 4.69) is 0 Å². The molecule has 2 aromatic rings. The molecule has 5 heteroatoms. The Kier molecular flexibility index (Phi) is 4.29. The summed E-state index contributed by atoms with van der Waals surface area (Å²) < 4.78 is 5.72. The van der Waals surface area contributed by atoms with Crippen LogP contribution in [0.4, 0.5) is 0 Å². The first kappa shape index (κ1) is 16.9. The van der Waals surface area contributed by atoms with E-state index in [1.165, 1.54) is 0 Å². The minimum absolute atomic E-state index is 0.0580. The largest absolute Gasteiger partial charge is 0.450 e. The molecule has 132 valence electrons. The molecule has 0 N–H and O–H groups in total. The number of nitrogens with zero attached hydrogens (tertiary/aromatic N) is 1. The molecule has 1 fully saturated rings. The van der Waals surface area contributed by atoms with Crippen molar-refractivity contribution in [2.45, 2.75) is 18.4 Å². The van der Waals surface area contributed by atoms with Crippen molar-refractivity contribution < 1.29 is 14.3 Å². The van der Waals surface area contributed by atoms with Crippen molar-refractivity contribution in [3.05, 3.63) is 76.3 Å². The number of ether oxygens (including phenoxy) is 1. The molecule has 2 heterocycles. The van der Waals surface area contributed by atoms with Crippen molar-refractivity contribution in [2.24, 2.45) is 0 Å². The first-order valence-corrected chi connectivity index (χ1v) is 9.01. The average molecular weight is 368 g/mol. The van der Waals surface area contributed by atoms with E-state index in [1.807, 2.05) is 36.4 Å². The summed E-state index contributed by atoms with van der Waals surface area (Å²) in [5, 5.41) is 0.614. The molecule has 0 saturated carbocycles. The van der Waals surface area contributed by atoms with Gasteiger partial charge in [-0.3, -0.25) is 4.79 Å². The third-order valence-electron chi connectivity index (χ3n) is 5.12. The van der Waals surface area contributed by atoms with Gasteiger partial charge in [0, 0.05) is 42.6 Å². The summed E-state index contributed by atoms with van der Waals surface area (Å²) in [6.45, 7) is 1.10. The smallest absolute Gasteiger partial charge is 0.339 e. The molecule has 0 aromatic heterocycles. The SMILES string of the molecule is O=C1OC2(CCN(C(=O)/C=C/c3ccccc3Cl)CC2)c2ccccc21. The van der Waals surface area contributed by atoms with E-state index >= 15 is 0 Å². The number of amides is 1. The summed E-state index contributed by atoms with van der Waals surface area (Å²) in [7, 11) is 0. The van der Waals surface area contributed by atoms with Gasteiger partial charge in [0.1, 0.15) is 5.60 Å². The van der Waals surface area contributed by atoms with Crippen LogP contribution in [0.25, 0.3) is 6.08 Å². The van der Waals surface area contributed by atoms with Gasteiger partial charge in [-0.15, -0.1) is 0 Å². The minimum Gasteiger partial charge on any atom is -0.450 e. The Hall–Kier alpha value is -2.59. The number of fused-ring (bicyclic) bond motifs is 2. The summed E-state index contributed by atoms with van der Waals surface area (Å²) in [5.74, 6) is -0.323. The van der Waals surface area contributed by atoms with E-state index in [0.717, 1.165) is 11.1 Å². The maximum absolute atomic E-state index is 12.5. The zero-order chi connectivity index (χ0) is 18.1. The Labute approximate surface area is 157 Å². The molecule has 0 bridgehead atoms. The second kappa shape index (κ2) is 6.61. The van der Waals surface area contributed by atoms with Crippen molar-refractivity contribution in [2.75, 3.05) is 13.1 Å². The molecule has 2 aliphatic rings. The molecule has 2 aliphatic heterocycles. The highest BCUT2D eigenvalue weighted by Gasteiger charge is 2.47. The van der Waals surface area contributed by atoms with Crippen LogP contribution in [-0.2, 0) is 15.1 Å². The van der Waals surface area contributed by atoms with Crippen molar-refractivity contribution in [3.8, 4) is 0 Å². The second-order valence-electron chi connectivity index (χ2n) is 6.61. The molecule has 0 radical (unpaired) electrons. The number of halogens is 1. The van der Waals surface area contributed by atoms with Crippen LogP contribution in [0, 0.1) is 0 Å². The van der Waals surface area contributed by atoms with Crippen molar-refractivity contribution in [1.29, 1.82) is 0 Å². The van der Waals surface area contributed by atoms with E-state index in [4.69, 9.17) is 16.3 Å². The highest BCUT2D eigenvalue weighted by Crippen LogP contribution is 2.43. The van der Waals surface area contributed by atoms with E-state index < -0.39 is 5.60 Å². The zero-order valence-electron chi connectivity index (χ0n) is 14.2. The number of benzene rings is 2. The van der Waals surface area contributed by atoms with Crippen LogP contribution < -0.4 is 0 Å². The molecule has 1 amide bonds. The second-order valence-corrected chi connectivity index (χ2v) is 7.02. The molecule has 26 heavy (non-hydrogen) atoms. The Balaban J connectivity index is 1.45. The standard InChI is InChI=1S/C21H18ClNO3/c22-18-8-4-1-5-15(18)9-10-19(24)23-13-11-21(12-14-23)17-7-3-2-6-16(17)20(25)26-21/h1-10H,11-14H2/b10-9+. The van der Waals surface area contributed by atoms with E-state index in [9.17, 15) is 9.59 Å². The number of carbonyl (C=O) groups excluding carboxylic acids is 2. The fraction of sp³-hybridized carbons (Fsp3) is 0.238. The number of carbonyl (C=O) groups is 2. The predicted molar refractivity (Wildman–Crippen MR) is 99.8 cm³/mol. The van der Waals surface area contributed by atoms with Gasteiger partial charge in [0.05, 0.1) is 5.56 Å². The normalized spacial score (nSPS) is 18.2. The molecule has 0 atom stereocenters. The van der Waals surface area contributed by atoms with Gasteiger partial charge in [0.25, 0.3) is 0 Å². The van der Waals surface area contributed by atoms with Crippen molar-refractivity contribution in [1.82, 2.24) is 4.90 Å². The molecule has 0 aliphatic carbocycles. The van der Waals surface area contributed by atoms with Crippen LogP contribution >= 0.6 is 11.6 Å². The number of hydrogen-bond donors (Lipinski definition) is 0. The Morgan fingerprint density at radius 1 is 1.08 bits per heavy atom. The highest BCUT2D eigenvalue weighted by atomic mass is 35.5.